The summed E-state index contributed by atoms with van der Waals surface area (Å²) in [6, 6.07) is 23.7. The number of imidazole rings is 1. The molecule has 0 saturated heterocycles. The molecule has 5 aromatic rings. The minimum atomic E-state index is -0.869. The van der Waals surface area contributed by atoms with Crippen molar-refractivity contribution >= 4 is 28.5 Å². The fourth-order valence-corrected chi connectivity index (χ4v) is 6.20. The standard InChI is InChI=1S/C38H37FN4O4.C2H6/c1-23(2)37(44)40-28-14-16-31(25-11-9-24(3)10-12-25)27(19-28)22-47-30-15-17-32(33(39)21-30)36-41-34-20-26(38(45)42-46)13-18-35(34)43(36)29-7-5-4-6-8-29;1-2/h9-21,23,29H,4-8,22H2,1-3H3,(H,40,44);1-2H3. The van der Waals surface area contributed by atoms with Crippen LogP contribution in [0.15, 0.2) is 84.0 Å². The van der Waals surface area contributed by atoms with Crippen molar-refractivity contribution in [3.63, 3.8) is 0 Å². The predicted octanol–water partition coefficient (Wildman–Crippen LogP) is 10.4. The lowest BCUT2D eigenvalue weighted by atomic mass is 9.94. The van der Waals surface area contributed by atoms with Crippen LogP contribution in [-0.2, 0) is 11.4 Å². The van der Waals surface area contributed by atoms with Gasteiger partial charge in [-0.05, 0) is 78.9 Å². The Balaban J connectivity index is 0.00000230. The Morgan fingerprint density at radius 1 is 0.939 bits per heavy atom. The second-order valence-electron chi connectivity index (χ2n) is 12.5. The largest absolute Gasteiger partial charge is 0.489 e. The van der Waals surface area contributed by atoms with Crippen LogP contribution < -0.4 is 10.1 Å². The first-order valence-corrected chi connectivity index (χ1v) is 17.0. The van der Waals surface area contributed by atoms with Crippen molar-refractivity contribution in [1.82, 2.24) is 9.55 Å². The summed E-state index contributed by atoms with van der Waals surface area (Å²) in [6.45, 7) is 9.86. The van der Waals surface area contributed by atoms with Crippen molar-refractivity contribution in [2.45, 2.75) is 79.4 Å². The molecule has 0 spiro atoms. The van der Waals surface area contributed by atoms with Crippen LogP contribution in [0.4, 0.5) is 10.1 Å². The number of aryl methyl sites for hydroxylation is 1. The molecule has 49 heavy (non-hydrogen) atoms. The van der Waals surface area contributed by atoms with Crippen molar-refractivity contribution in [3.8, 4) is 28.3 Å². The first-order chi connectivity index (χ1) is 23.7. The number of nitrogens with one attached hydrogen (secondary N) is 1. The summed E-state index contributed by atoms with van der Waals surface area (Å²) < 4.78 is 24.2. The van der Waals surface area contributed by atoms with Crippen LogP contribution >= 0.6 is 0 Å². The Labute approximate surface area is 286 Å². The molecule has 6 rings (SSSR count). The van der Waals surface area contributed by atoms with Gasteiger partial charge in [0.25, 0.3) is 0 Å². The molecule has 1 N–H and O–H groups in total. The molecule has 1 aromatic heterocycles. The van der Waals surface area contributed by atoms with Gasteiger partial charge in [-0.1, -0.05) is 82.9 Å². The van der Waals surface area contributed by atoms with Gasteiger partial charge in [0.15, 0.2) is 0 Å². The fourth-order valence-electron chi connectivity index (χ4n) is 6.20. The molecular formula is C40H43FN4O4. The van der Waals surface area contributed by atoms with E-state index in [2.05, 4.69) is 15.1 Å². The summed E-state index contributed by atoms with van der Waals surface area (Å²) in [5.41, 5.74) is 6.36. The highest BCUT2D eigenvalue weighted by Crippen LogP contribution is 2.38. The SMILES string of the molecule is CC.Cc1ccc(-c2ccc(NC(=O)C(C)C)cc2COc2ccc(-c3nc4cc(C(=O)N=O)ccc4n3C3CCCCC3)c(F)c2)cc1. The van der Waals surface area contributed by atoms with E-state index in [-0.39, 0.29) is 30.0 Å². The molecular weight excluding hydrogens is 619 g/mol. The number of ether oxygens (including phenoxy) is 1. The number of nitroso groups, excluding NO2 is 1. The van der Waals surface area contributed by atoms with E-state index in [4.69, 9.17) is 9.72 Å². The Morgan fingerprint density at radius 2 is 1.65 bits per heavy atom. The zero-order valence-electron chi connectivity index (χ0n) is 28.8. The average Bonchev–Trinajstić information content (AvgIpc) is 3.50. The van der Waals surface area contributed by atoms with Crippen LogP contribution in [0, 0.1) is 23.6 Å². The van der Waals surface area contributed by atoms with Crippen LogP contribution in [0.5, 0.6) is 5.75 Å². The van der Waals surface area contributed by atoms with Gasteiger partial charge in [0.2, 0.25) is 5.91 Å². The lowest BCUT2D eigenvalue weighted by Crippen LogP contribution is -2.17. The number of amides is 2. The van der Waals surface area contributed by atoms with Crippen molar-refractivity contribution < 1.29 is 18.7 Å². The Bertz CT molecular complexity index is 1960. The molecule has 1 saturated carbocycles. The topological polar surface area (TPSA) is 103 Å². The summed E-state index contributed by atoms with van der Waals surface area (Å²) in [6.07, 6.45) is 5.17. The summed E-state index contributed by atoms with van der Waals surface area (Å²) >= 11 is 0. The number of hydrogen-bond donors (Lipinski definition) is 1. The molecule has 0 aliphatic heterocycles. The minimum Gasteiger partial charge on any atom is -0.489 e. The van der Waals surface area contributed by atoms with E-state index < -0.39 is 11.7 Å². The molecule has 8 nitrogen and oxygen atoms in total. The first kappa shape index (κ1) is 35.1. The normalized spacial score (nSPS) is 13.1. The summed E-state index contributed by atoms with van der Waals surface area (Å²) in [7, 11) is 0. The Kier molecular flexibility index (Phi) is 11.3. The average molecular weight is 663 g/mol. The number of benzene rings is 4. The van der Waals surface area contributed by atoms with Crippen LogP contribution in [0.3, 0.4) is 0 Å². The lowest BCUT2D eigenvalue weighted by molar-refractivity contribution is -0.118. The smallest absolute Gasteiger partial charge is 0.316 e. The molecule has 0 unspecified atom stereocenters. The molecule has 1 fully saturated rings. The number of nitrogens with zero attached hydrogens (tertiary/aromatic N) is 3. The zero-order chi connectivity index (χ0) is 35.1. The minimum absolute atomic E-state index is 0.0832. The monoisotopic (exact) mass is 662 g/mol. The van der Waals surface area contributed by atoms with Crippen molar-refractivity contribution in [2.24, 2.45) is 11.1 Å². The van der Waals surface area contributed by atoms with E-state index >= 15 is 4.39 Å². The second-order valence-corrected chi connectivity index (χ2v) is 12.5. The van der Waals surface area contributed by atoms with Crippen molar-refractivity contribution in [3.05, 3.63) is 106 Å². The maximum atomic E-state index is 16.0. The van der Waals surface area contributed by atoms with Crippen LogP contribution in [0.2, 0.25) is 0 Å². The molecule has 0 radical (unpaired) electrons. The van der Waals surface area contributed by atoms with Gasteiger partial charge in [0.1, 0.15) is 24.0 Å². The van der Waals surface area contributed by atoms with Gasteiger partial charge >= 0.3 is 5.91 Å². The number of carbonyl (C=O) groups is 2. The molecule has 9 heteroatoms. The van der Waals surface area contributed by atoms with E-state index in [1.54, 1.807) is 30.3 Å². The molecule has 1 aliphatic carbocycles. The van der Waals surface area contributed by atoms with E-state index in [1.807, 2.05) is 77.1 Å². The number of anilines is 1. The van der Waals surface area contributed by atoms with Crippen LogP contribution in [0.1, 0.15) is 87.3 Å². The highest BCUT2D eigenvalue weighted by molar-refractivity contribution is 5.98. The molecule has 2 amide bonds. The summed E-state index contributed by atoms with van der Waals surface area (Å²) in [5, 5.41) is 5.50. The summed E-state index contributed by atoms with van der Waals surface area (Å²) in [4.78, 5) is 40.0. The fraction of sp³-hybridized carbons (Fsp3) is 0.325. The third-order valence-electron chi connectivity index (χ3n) is 8.79. The van der Waals surface area contributed by atoms with Gasteiger partial charge in [-0.2, -0.15) is 0 Å². The quantitative estimate of drug-likeness (QED) is 0.158. The van der Waals surface area contributed by atoms with E-state index in [0.29, 0.717) is 28.3 Å². The van der Waals surface area contributed by atoms with E-state index in [1.165, 1.54) is 6.07 Å². The maximum absolute atomic E-state index is 16.0. The summed E-state index contributed by atoms with van der Waals surface area (Å²) in [5.74, 6) is -0.792. The van der Waals surface area contributed by atoms with Crippen LogP contribution in [-0.4, -0.2) is 21.4 Å². The van der Waals surface area contributed by atoms with Gasteiger partial charge in [0, 0.05) is 34.5 Å². The van der Waals surface area contributed by atoms with Gasteiger partial charge in [-0.3, -0.25) is 9.59 Å². The number of fused-ring (bicyclic) bond motifs is 1. The van der Waals surface area contributed by atoms with E-state index in [9.17, 15) is 14.5 Å². The molecule has 254 valence electrons. The molecule has 4 aromatic carbocycles. The zero-order valence-corrected chi connectivity index (χ0v) is 28.8. The molecule has 1 heterocycles. The van der Waals surface area contributed by atoms with Gasteiger partial charge in [-0.25, -0.2) is 9.37 Å². The van der Waals surface area contributed by atoms with E-state index in [0.717, 1.165) is 59.9 Å². The third kappa shape index (κ3) is 7.94. The van der Waals surface area contributed by atoms with Crippen molar-refractivity contribution in [1.29, 1.82) is 0 Å². The Hall–Kier alpha value is -5.18. The number of halogens is 1. The third-order valence-corrected chi connectivity index (χ3v) is 8.79. The predicted molar refractivity (Wildman–Crippen MR) is 193 cm³/mol. The molecule has 1 aliphatic rings. The number of hydrogen-bond acceptors (Lipinski definition) is 5. The highest BCUT2D eigenvalue weighted by atomic mass is 19.1. The number of aromatic nitrogens is 2. The van der Waals surface area contributed by atoms with Crippen molar-refractivity contribution in [2.75, 3.05) is 5.32 Å². The van der Waals surface area contributed by atoms with Gasteiger partial charge in [0.05, 0.1) is 16.6 Å². The Morgan fingerprint density at radius 3 is 2.33 bits per heavy atom. The number of carbonyl (C=O) groups excluding carboxylic acids is 2. The second kappa shape index (κ2) is 15.8. The van der Waals surface area contributed by atoms with Crippen LogP contribution in [0.25, 0.3) is 33.5 Å². The van der Waals surface area contributed by atoms with Gasteiger partial charge in [-0.15, -0.1) is 4.91 Å². The van der Waals surface area contributed by atoms with Gasteiger partial charge < -0.3 is 14.6 Å². The first-order valence-electron chi connectivity index (χ1n) is 17.0. The molecule has 0 bridgehead atoms. The number of rotatable bonds is 9. The maximum Gasteiger partial charge on any atom is 0.316 e. The molecule has 0 atom stereocenters. The lowest BCUT2D eigenvalue weighted by Gasteiger charge is -2.25. The highest BCUT2D eigenvalue weighted by Gasteiger charge is 2.25.